The molecule has 0 unspecified atom stereocenters. The van der Waals surface area contributed by atoms with Gasteiger partial charge in [-0.15, -0.1) is 0 Å². The van der Waals surface area contributed by atoms with Gasteiger partial charge in [0.2, 0.25) is 20.0 Å². The molecule has 4 aromatic rings. The molecule has 0 saturated carbocycles. The lowest BCUT2D eigenvalue weighted by Crippen LogP contribution is -2.28. The Morgan fingerprint density at radius 3 is 1.44 bits per heavy atom. The van der Waals surface area contributed by atoms with Gasteiger partial charge in [0.05, 0.1) is 11.0 Å². The molecule has 0 aliphatic rings. The number of hydrogen-bond donors (Lipinski definition) is 2. The van der Waals surface area contributed by atoms with Gasteiger partial charge in [0.25, 0.3) is 0 Å². The lowest BCUT2D eigenvalue weighted by Gasteiger charge is -2.10. The molecule has 10 heteroatoms. The summed E-state index contributed by atoms with van der Waals surface area (Å²) >= 11 is 0. The molecule has 0 saturated heterocycles. The summed E-state index contributed by atoms with van der Waals surface area (Å²) in [5.41, 5.74) is 0.831. The molecule has 0 radical (unpaired) electrons. The molecule has 2 heterocycles. The number of fused-ring (bicyclic) bond motifs is 2. The second-order valence-corrected chi connectivity index (χ2v) is 10.6. The van der Waals surface area contributed by atoms with Crippen molar-refractivity contribution in [1.82, 2.24) is 19.4 Å². The van der Waals surface area contributed by atoms with Gasteiger partial charge in [-0.1, -0.05) is 36.4 Å². The fourth-order valence-electron chi connectivity index (χ4n) is 3.40. The Morgan fingerprint density at radius 2 is 1.00 bits per heavy atom. The van der Waals surface area contributed by atoms with Crippen LogP contribution in [0.15, 0.2) is 82.8 Å². The van der Waals surface area contributed by atoms with Crippen molar-refractivity contribution in [3.63, 3.8) is 0 Å². The predicted octanol–water partition coefficient (Wildman–Crippen LogP) is 2.82. The number of nitrogens with one attached hydrogen (secondary N) is 2. The van der Waals surface area contributed by atoms with E-state index >= 15 is 0 Å². The zero-order chi connectivity index (χ0) is 22.6. The highest BCUT2D eigenvalue weighted by molar-refractivity contribution is 7.90. The van der Waals surface area contributed by atoms with Crippen molar-refractivity contribution < 1.29 is 16.8 Å². The molecule has 0 atom stereocenters. The first-order valence-electron chi connectivity index (χ1n) is 10.1. The fourth-order valence-corrected chi connectivity index (χ4v) is 5.91. The maximum Gasteiger partial charge on any atom is 0.242 e. The van der Waals surface area contributed by atoms with Gasteiger partial charge in [0.15, 0.2) is 0 Å². The minimum Gasteiger partial charge on any atom is -0.255 e. The molecule has 0 aliphatic carbocycles. The summed E-state index contributed by atoms with van der Waals surface area (Å²) < 4.78 is 55.8. The number of pyridine rings is 2. The van der Waals surface area contributed by atoms with Gasteiger partial charge in [-0.3, -0.25) is 9.97 Å². The molecule has 8 nitrogen and oxygen atoms in total. The minimum atomic E-state index is -3.73. The summed E-state index contributed by atoms with van der Waals surface area (Å²) in [6, 6.07) is 17.1. The smallest absolute Gasteiger partial charge is 0.242 e. The van der Waals surface area contributed by atoms with Crippen LogP contribution in [0.4, 0.5) is 0 Å². The zero-order valence-electron chi connectivity index (χ0n) is 17.1. The molecule has 0 aliphatic heterocycles. The first kappa shape index (κ1) is 22.3. The van der Waals surface area contributed by atoms with Crippen molar-refractivity contribution in [3.05, 3.63) is 73.1 Å². The monoisotopic (exact) mass is 470 g/mol. The number of aromatic nitrogens is 2. The van der Waals surface area contributed by atoms with Crippen LogP contribution in [0.1, 0.15) is 12.8 Å². The van der Waals surface area contributed by atoms with Gasteiger partial charge in [-0.05, 0) is 37.1 Å². The van der Waals surface area contributed by atoms with E-state index in [9.17, 15) is 16.8 Å². The number of rotatable bonds is 9. The largest absolute Gasteiger partial charge is 0.255 e. The summed E-state index contributed by atoms with van der Waals surface area (Å²) in [5, 5.41) is 1.49. The summed E-state index contributed by atoms with van der Waals surface area (Å²) in [4.78, 5) is 8.61. The van der Waals surface area contributed by atoms with Crippen LogP contribution in [0, 0.1) is 0 Å². The standard InChI is InChI=1S/C22H22N4O4S2/c27-31(28,19-11-3-7-17-9-5-13-23-21(17)19)25-15-1-2-16-26-32(29,30)20-12-4-8-18-10-6-14-24-22(18)20/h3-14,25-26H,1-2,15-16H2. The van der Waals surface area contributed by atoms with Crippen LogP contribution in [-0.2, 0) is 20.0 Å². The van der Waals surface area contributed by atoms with Crippen molar-refractivity contribution in [3.8, 4) is 0 Å². The molecule has 2 aromatic carbocycles. The molecular formula is C22H22N4O4S2. The van der Waals surface area contributed by atoms with E-state index in [4.69, 9.17) is 0 Å². The van der Waals surface area contributed by atoms with E-state index in [1.165, 1.54) is 12.1 Å². The second-order valence-electron chi connectivity index (χ2n) is 7.17. The maximum absolute atomic E-state index is 12.7. The molecule has 2 aromatic heterocycles. The van der Waals surface area contributed by atoms with Gasteiger partial charge in [-0.25, -0.2) is 26.3 Å². The normalized spacial score (nSPS) is 12.4. The van der Waals surface area contributed by atoms with Crippen molar-refractivity contribution >= 4 is 41.9 Å². The summed E-state index contributed by atoms with van der Waals surface area (Å²) in [6.07, 6.45) is 4.04. The van der Waals surface area contributed by atoms with Gasteiger partial charge in [0, 0.05) is 36.3 Å². The molecule has 166 valence electrons. The Bertz CT molecular complexity index is 1350. The Kier molecular flexibility index (Phi) is 6.47. The number of sulfonamides is 2. The number of benzene rings is 2. The van der Waals surface area contributed by atoms with Gasteiger partial charge >= 0.3 is 0 Å². The highest BCUT2D eigenvalue weighted by Gasteiger charge is 2.19. The van der Waals surface area contributed by atoms with E-state index in [2.05, 4.69) is 19.4 Å². The van der Waals surface area contributed by atoms with Crippen molar-refractivity contribution in [2.75, 3.05) is 13.1 Å². The lowest BCUT2D eigenvalue weighted by molar-refractivity contribution is 0.568. The highest BCUT2D eigenvalue weighted by atomic mass is 32.2. The van der Waals surface area contributed by atoms with E-state index in [1.54, 1.807) is 60.9 Å². The third-order valence-electron chi connectivity index (χ3n) is 4.96. The van der Waals surface area contributed by atoms with Crippen LogP contribution < -0.4 is 9.44 Å². The van der Waals surface area contributed by atoms with Crippen molar-refractivity contribution in [2.45, 2.75) is 22.6 Å². The van der Waals surface area contributed by atoms with Crippen LogP contribution in [0.3, 0.4) is 0 Å². The summed E-state index contributed by atoms with van der Waals surface area (Å²) in [6.45, 7) is 0.367. The molecule has 0 spiro atoms. The molecule has 0 fully saturated rings. The van der Waals surface area contributed by atoms with Crippen LogP contribution in [0.25, 0.3) is 21.8 Å². The summed E-state index contributed by atoms with van der Waals surface area (Å²) in [7, 11) is -7.46. The predicted molar refractivity (Wildman–Crippen MR) is 123 cm³/mol. The fraction of sp³-hybridized carbons (Fsp3) is 0.182. The Hall–Kier alpha value is -2.92. The Balaban J connectivity index is 1.33. The van der Waals surface area contributed by atoms with E-state index in [0.717, 1.165) is 10.8 Å². The number of unbranched alkanes of at least 4 members (excludes halogenated alkanes) is 1. The average molecular weight is 471 g/mol. The van der Waals surface area contributed by atoms with E-state index < -0.39 is 20.0 Å². The van der Waals surface area contributed by atoms with Crippen LogP contribution >= 0.6 is 0 Å². The van der Waals surface area contributed by atoms with Crippen molar-refractivity contribution in [1.29, 1.82) is 0 Å². The van der Waals surface area contributed by atoms with E-state index in [-0.39, 0.29) is 22.9 Å². The van der Waals surface area contributed by atoms with Crippen LogP contribution in [0.5, 0.6) is 0 Å². The van der Waals surface area contributed by atoms with Gasteiger partial charge < -0.3 is 0 Å². The second kappa shape index (κ2) is 9.29. The quantitative estimate of drug-likeness (QED) is 0.363. The lowest BCUT2D eigenvalue weighted by atomic mass is 10.2. The summed E-state index contributed by atoms with van der Waals surface area (Å²) in [5.74, 6) is 0. The number of hydrogen-bond acceptors (Lipinski definition) is 6. The maximum atomic E-state index is 12.7. The topological polar surface area (TPSA) is 118 Å². The van der Waals surface area contributed by atoms with Crippen LogP contribution in [0.2, 0.25) is 0 Å². The molecule has 32 heavy (non-hydrogen) atoms. The van der Waals surface area contributed by atoms with Gasteiger partial charge in [0.1, 0.15) is 9.79 Å². The molecular weight excluding hydrogens is 448 g/mol. The zero-order valence-corrected chi connectivity index (χ0v) is 18.7. The minimum absolute atomic E-state index is 0.125. The van der Waals surface area contributed by atoms with E-state index in [1.807, 2.05) is 0 Å². The van der Waals surface area contributed by atoms with Gasteiger partial charge in [-0.2, -0.15) is 0 Å². The Morgan fingerprint density at radius 1 is 0.594 bits per heavy atom. The molecule has 0 bridgehead atoms. The molecule has 2 N–H and O–H groups in total. The first-order chi connectivity index (χ1) is 15.4. The van der Waals surface area contributed by atoms with E-state index in [0.29, 0.717) is 23.9 Å². The van der Waals surface area contributed by atoms with Crippen molar-refractivity contribution in [2.24, 2.45) is 0 Å². The Labute approximate surface area is 186 Å². The SMILES string of the molecule is O=S(=O)(NCCCCNS(=O)(=O)c1cccc2cccnc12)c1cccc2cccnc12. The third kappa shape index (κ3) is 4.78. The molecule has 0 amide bonds. The molecule has 4 rings (SSSR count). The first-order valence-corrected chi connectivity index (χ1v) is 13.0. The third-order valence-corrected chi connectivity index (χ3v) is 7.94. The van der Waals surface area contributed by atoms with Crippen LogP contribution in [-0.4, -0.2) is 39.9 Å². The number of para-hydroxylation sites is 2. The number of nitrogens with zero attached hydrogens (tertiary/aromatic N) is 2. The average Bonchev–Trinajstić information content (AvgIpc) is 2.80. The highest BCUT2D eigenvalue weighted by Crippen LogP contribution is 2.21.